The minimum Gasteiger partial charge on any atom is -0.385 e. The molecule has 1 saturated heterocycles. The Labute approximate surface area is 117 Å². The van der Waals surface area contributed by atoms with Gasteiger partial charge in [0.05, 0.1) is 18.3 Å². The molecule has 1 rings (SSSR count). The van der Waals surface area contributed by atoms with Crippen molar-refractivity contribution in [2.24, 2.45) is 0 Å². The van der Waals surface area contributed by atoms with Crippen molar-refractivity contribution in [3.05, 3.63) is 24.8 Å². The lowest BCUT2D eigenvalue weighted by Crippen LogP contribution is -1.94. The highest BCUT2D eigenvalue weighted by Gasteiger charge is 2.36. The number of allylic oxidation sites excluding steroid dienone is 1. The number of rotatable bonds is 9. The molecule has 0 radical (unpaired) electrons. The molecule has 0 aromatic heterocycles. The predicted molar refractivity (Wildman–Crippen MR) is 79.8 cm³/mol. The molecule has 1 fully saturated rings. The third-order valence-electron chi connectivity index (χ3n) is 3.30. The van der Waals surface area contributed by atoms with Gasteiger partial charge in [0.2, 0.25) is 0 Å². The van der Waals surface area contributed by atoms with Gasteiger partial charge in [-0.1, -0.05) is 56.9 Å². The van der Waals surface area contributed by atoms with E-state index in [1.54, 1.807) is 12.2 Å². The van der Waals surface area contributed by atoms with Crippen LogP contribution >= 0.6 is 0 Å². The van der Waals surface area contributed by atoms with E-state index in [9.17, 15) is 5.11 Å². The van der Waals surface area contributed by atoms with E-state index in [-0.39, 0.29) is 0 Å². The zero-order valence-electron chi connectivity index (χ0n) is 12.0. The highest BCUT2D eigenvalue weighted by Crippen LogP contribution is 2.29. The first-order chi connectivity index (χ1) is 9.27. The van der Waals surface area contributed by atoms with E-state index < -0.39 is 6.10 Å². The molecule has 1 N–H and O–H groups in total. The van der Waals surface area contributed by atoms with Crippen LogP contribution in [-0.4, -0.2) is 23.4 Å². The Morgan fingerprint density at radius 3 is 2.79 bits per heavy atom. The van der Waals surface area contributed by atoms with E-state index >= 15 is 0 Å². The van der Waals surface area contributed by atoms with E-state index in [0.717, 1.165) is 6.42 Å². The van der Waals surface area contributed by atoms with Crippen molar-refractivity contribution in [1.82, 2.24) is 0 Å². The van der Waals surface area contributed by atoms with Crippen molar-refractivity contribution in [3.63, 3.8) is 0 Å². The number of aliphatic hydroxyl groups excluding tert-OH is 1. The van der Waals surface area contributed by atoms with Crippen molar-refractivity contribution in [2.75, 3.05) is 0 Å². The van der Waals surface area contributed by atoms with E-state index in [1.165, 1.54) is 44.6 Å². The average Bonchev–Trinajstić information content (AvgIpc) is 3.16. The van der Waals surface area contributed by atoms with Crippen LogP contribution in [0.1, 0.15) is 51.9 Å². The van der Waals surface area contributed by atoms with Crippen LogP contribution in [0, 0.1) is 11.8 Å². The highest BCUT2D eigenvalue weighted by molar-refractivity contribution is 5.19. The summed E-state index contributed by atoms with van der Waals surface area (Å²) < 4.78 is 5.58. The number of unbranched alkanes of at least 4 members (excludes halogenated alkanes) is 4. The van der Waals surface area contributed by atoms with Gasteiger partial charge < -0.3 is 9.84 Å². The molecule has 2 nitrogen and oxygen atoms in total. The first-order valence-corrected chi connectivity index (χ1v) is 7.39. The van der Waals surface area contributed by atoms with Gasteiger partial charge in [0.25, 0.3) is 0 Å². The standard InChI is InChI=1S/C17H26O2/c1-3-5-6-7-10-13-16-17(19-16)14-11-8-9-12-15(18)4-2/h4,9,12,15-18H,2-3,5-7,10,13-14H2,1H3/b12-9+/t15?,16-,17+/m0/s1. The number of hydrogen-bond donors (Lipinski definition) is 1. The van der Waals surface area contributed by atoms with Crippen molar-refractivity contribution < 1.29 is 9.84 Å². The van der Waals surface area contributed by atoms with E-state index in [1.807, 2.05) is 0 Å². The Morgan fingerprint density at radius 2 is 2.05 bits per heavy atom. The van der Waals surface area contributed by atoms with Gasteiger partial charge in [0.1, 0.15) is 0 Å². The molecular weight excluding hydrogens is 236 g/mol. The zero-order valence-corrected chi connectivity index (χ0v) is 12.0. The molecule has 106 valence electrons. The summed E-state index contributed by atoms with van der Waals surface area (Å²) in [5.41, 5.74) is 0. The van der Waals surface area contributed by atoms with Gasteiger partial charge in [-0.3, -0.25) is 0 Å². The van der Waals surface area contributed by atoms with E-state index in [4.69, 9.17) is 4.74 Å². The van der Waals surface area contributed by atoms with Crippen LogP contribution in [0.4, 0.5) is 0 Å². The Balaban J connectivity index is 2.00. The van der Waals surface area contributed by atoms with E-state index in [2.05, 4.69) is 25.3 Å². The molecule has 0 aromatic rings. The molecule has 3 atom stereocenters. The summed E-state index contributed by atoms with van der Waals surface area (Å²) in [6.45, 7) is 5.72. The molecule has 0 spiro atoms. The van der Waals surface area contributed by atoms with Crippen molar-refractivity contribution in [2.45, 2.75) is 70.2 Å². The van der Waals surface area contributed by atoms with Crippen LogP contribution < -0.4 is 0 Å². The molecule has 1 unspecified atom stereocenters. The molecule has 1 aliphatic heterocycles. The second-order valence-electron chi connectivity index (χ2n) is 5.03. The van der Waals surface area contributed by atoms with Gasteiger partial charge in [-0.05, 0) is 18.6 Å². The predicted octanol–water partition coefficient (Wildman–Crippen LogP) is 3.61. The van der Waals surface area contributed by atoms with Crippen LogP contribution in [0.25, 0.3) is 0 Å². The first kappa shape index (κ1) is 16.0. The van der Waals surface area contributed by atoms with Crippen LogP contribution in [0.3, 0.4) is 0 Å². The van der Waals surface area contributed by atoms with Gasteiger partial charge in [0, 0.05) is 6.42 Å². The summed E-state index contributed by atoms with van der Waals surface area (Å²) in [6, 6.07) is 0. The summed E-state index contributed by atoms with van der Waals surface area (Å²) >= 11 is 0. The topological polar surface area (TPSA) is 32.8 Å². The van der Waals surface area contributed by atoms with E-state index in [0.29, 0.717) is 12.2 Å². The molecular formula is C17H26O2. The van der Waals surface area contributed by atoms with Crippen molar-refractivity contribution in [1.29, 1.82) is 0 Å². The Bertz CT molecular complexity index is 335. The highest BCUT2D eigenvalue weighted by atomic mass is 16.6. The molecule has 0 aliphatic carbocycles. The largest absolute Gasteiger partial charge is 0.385 e. The fourth-order valence-electron chi connectivity index (χ4n) is 2.01. The number of hydrogen-bond acceptors (Lipinski definition) is 2. The van der Waals surface area contributed by atoms with Crippen LogP contribution in [-0.2, 0) is 4.74 Å². The monoisotopic (exact) mass is 262 g/mol. The lowest BCUT2D eigenvalue weighted by Gasteiger charge is -1.96. The normalized spacial score (nSPS) is 22.8. The zero-order chi connectivity index (χ0) is 13.9. The molecule has 0 aromatic carbocycles. The number of ether oxygens (including phenoxy) is 1. The second kappa shape index (κ2) is 9.83. The fourth-order valence-corrected chi connectivity index (χ4v) is 2.01. The van der Waals surface area contributed by atoms with Gasteiger partial charge >= 0.3 is 0 Å². The third-order valence-corrected chi connectivity index (χ3v) is 3.30. The maximum absolute atomic E-state index is 9.18. The maximum atomic E-state index is 9.18. The Kier molecular flexibility index (Phi) is 8.29. The average molecular weight is 262 g/mol. The molecule has 1 heterocycles. The smallest absolute Gasteiger partial charge is 0.0950 e. The lowest BCUT2D eigenvalue weighted by atomic mass is 10.1. The molecule has 0 bridgehead atoms. The summed E-state index contributed by atoms with van der Waals surface area (Å²) in [4.78, 5) is 0. The van der Waals surface area contributed by atoms with Crippen LogP contribution in [0.15, 0.2) is 24.8 Å². The summed E-state index contributed by atoms with van der Waals surface area (Å²) in [7, 11) is 0. The summed E-state index contributed by atoms with van der Waals surface area (Å²) in [6.07, 6.45) is 13.5. The molecule has 2 heteroatoms. The van der Waals surface area contributed by atoms with Crippen LogP contribution in [0.2, 0.25) is 0 Å². The third kappa shape index (κ3) is 7.87. The Hall–Kier alpha value is -1.04. The van der Waals surface area contributed by atoms with Crippen molar-refractivity contribution in [3.8, 4) is 11.8 Å². The van der Waals surface area contributed by atoms with Crippen LogP contribution in [0.5, 0.6) is 0 Å². The van der Waals surface area contributed by atoms with Gasteiger partial charge in [0.15, 0.2) is 0 Å². The SMILES string of the molecule is C=CC(O)/C=C/C#CC[C@H]1O[C@H]1CCCCCCC. The van der Waals surface area contributed by atoms with Crippen molar-refractivity contribution >= 4 is 0 Å². The second-order valence-corrected chi connectivity index (χ2v) is 5.03. The maximum Gasteiger partial charge on any atom is 0.0950 e. The van der Waals surface area contributed by atoms with Gasteiger partial charge in [-0.25, -0.2) is 0 Å². The minimum atomic E-state index is -0.595. The van der Waals surface area contributed by atoms with Gasteiger partial charge in [-0.2, -0.15) is 0 Å². The summed E-state index contributed by atoms with van der Waals surface area (Å²) in [5.74, 6) is 5.97. The number of epoxide rings is 1. The molecule has 19 heavy (non-hydrogen) atoms. The minimum absolute atomic E-state index is 0.344. The Morgan fingerprint density at radius 1 is 1.26 bits per heavy atom. The summed E-state index contributed by atoms with van der Waals surface area (Å²) in [5, 5.41) is 9.18. The molecule has 0 saturated carbocycles. The lowest BCUT2D eigenvalue weighted by molar-refractivity contribution is 0.272. The van der Waals surface area contributed by atoms with Gasteiger partial charge in [-0.15, -0.1) is 6.58 Å². The quantitative estimate of drug-likeness (QED) is 0.298. The number of aliphatic hydroxyl groups is 1. The molecule has 1 aliphatic rings. The molecule has 0 amide bonds. The fraction of sp³-hybridized carbons (Fsp3) is 0.647. The first-order valence-electron chi connectivity index (χ1n) is 7.39.